The molecule has 0 aliphatic rings. The molecule has 1 atom stereocenters. The molecule has 2 aromatic carbocycles. The second-order valence-electron chi connectivity index (χ2n) is 5.34. The highest BCUT2D eigenvalue weighted by molar-refractivity contribution is 7.72. The van der Waals surface area contributed by atoms with E-state index in [0.29, 0.717) is 11.1 Å². The number of hydrogen-bond acceptors (Lipinski definition) is 4. The van der Waals surface area contributed by atoms with Gasteiger partial charge in [-0.05, 0) is 38.0 Å². The van der Waals surface area contributed by atoms with Crippen LogP contribution in [0.25, 0.3) is 0 Å². The van der Waals surface area contributed by atoms with Gasteiger partial charge in [0.2, 0.25) is 0 Å². The lowest BCUT2D eigenvalue weighted by Crippen LogP contribution is -2.11. The first-order valence-electron chi connectivity index (χ1n) is 6.97. The largest absolute Gasteiger partial charge is 0.451 e. The number of carbonyl (C=O) groups is 2. The van der Waals surface area contributed by atoms with E-state index in [9.17, 15) is 19.0 Å². The zero-order valence-electron chi connectivity index (χ0n) is 13.1. The Morgan fingerprint density at radius 3 is 2.22 bits per heavy atom. The molecular weight excluding hydrogens is 315 g/mol. The van der Waals surface area contributed by atoms with Crippen LogP contribution in [0.4, 0.5) is 0 Å². The van der Waals surface area contributed by atoms with Crippen LogP contribution in [0.15, 0.2) is 42.5 Å². The fourth-order valence-corrected chi connectivity index (χ4v) is 3.17. The van der Waals surface area contributed by atoms with Gasteiger partial charge in [0, 0.05) is 5.56 Å². The van der Waals surface area contributed by atoms with Gasteiger partial charge < -0.3 is 9.42 Å². The molecule has 6 heteroatoms. The van der Waals surface area contributed by atoms with E-state index in [-0.39, 0.29) is 11.1 Å². The van der Waals surface area contributed by atoms with E-state index >= 15 is 0 Å². The molecule has 0 radical (unpaired) electrons. The van der Waals surface area contributed by atoms with Gasteiger partial charge in [0.05, 0.1) is 5.56 Å². The van der Waals surface area contributed by atoms with Crippen molar-refractivity contribution < 1.29 is 23.6 Å². The third-order valence-electron chi connectivity index (χ3n) is 3.44. The topological polar surface area (TPSA) is 80.7 Å². The summed E-state index contributed by atoms with van der Waals surface area (Å²) in [4.78, 5) is 34.2. The minimum absolute atomic E-state index is 0.0618. The van der Waals surface area contributed by atoms with Crippen LogP contribution in [-0.2, 0) is 9.09 Å². The molecule has 1 unspecified atom stereocenters. The van der Waals surface area contributed by atoms with Crippen LogP contribution in [0.1, 0.15) is 37.4 Å². The Labute approximate surface area is 134 Å². The summed E-state index contributed by atoms with van der Waals surface area (Å²) >= 11 is 0. The lowest BCUT2D eigenvalue weighted by molar-refractivity contribution is 0.0699. The van der Waals surface area contributed by atoms with Crippen molar-refractivity contribution in [1.82, 2.24) is 0 Å². The molecule has 0 bridgehead atoms. The van der Waals surface area contributed by atoms with Gasteiger partial charge in [-0.15, -0.1) is 0 Å². The maximum atomic E-state index is 12.2. The van der Waals surface area contributed by atoms with Gasteiger partial charge in [-0.1, -0.05) is 42.0 Å². The SMILES string of the molecule is Cc1ccc(C(=O)OP(=O)(O)C(=O)c2ccccc2C)c(C)c1. The molecular formula is C17H17O5P. The highest BCUT2D eigenvalue weighted by atomic mass is 31.2. The number of rotatable bonds is 4. The van der Waals surface area contributed by atoms with Crippen molar-refractivity contribution in [2.24, 2.45) is 0 Å². The molecule has 23 heavy (non-hydrogen) atoms. The molecule has 0 saturated heterocycles. The number of benzene rings is 2. The highest BCUT2D eigenvalue weighted by Crippen LogP contribution is 2.46. The third-order valence-corrected chi connectivity index (χ3v) is 4.61. The minimum atomic E-state index is -4.77. The number of hydrogen-bond donors (Lipinski definition) is 1. The molecule has 0 fully saturated rings. The van der Waals surface area contributed by atoms with Crippen LogP contribution >= 0.6 is 7.60 Å². The predicted octanol–water partition coefficient (Wildman–Crippen LogP) is 3.79. The summed E-state index contributed by atoms with van der Waals surface area (Å²) in [5, 5.41) is 0. The quantitative estimate of drug-likeness (QED) is 0.862. The Bertz CT molecular complexity index is 825. The van der Waals surface area contributed by atoms with E-state index in [1.807, 2.05) is 6.92 Å². The van der Waals surface area contributed by atoms with Crippen molar-refractivity contribution >= 4 is 19.1 Å². The van der Waals surface area contributed by atoms with Crippen LogP contribution < -0.4 is 0 Å². The Morgan fingerprint density at radius 2 is 1.61 bits per heavy atom. The van der Waals surface area contributed by atoms with Crippen LogP contribution in [0.3, 0.4) is 0 Å². The lowest BCUT2D eigenvalue weighted by atomic mass is 10.1. The van der Waals surface area contributed by atoms with Gasteiger partial charge >= 0.3 is 13.6 Å². The molecule has 0 saturated carbocycles. The molecule has 2 rings (SSSR count). The molecule has 0 amide bonds. The summed E-state index contributed by atoms with van der Waals surface area (Å²) in [5.41, 5.74) is 1.22. The zero-order chi connectivity index (χ0) is 17.2. The molecule has 1 N–H and O–H groups in total. The average Bonchev–Trinajstić information content (AvgIpc) is 2.46. The second-order valence-corrected chi connectivity index (χ2v) is 6.97. The monoisotopic (exact) mass is 332 g/mol. The molecule has 0 aliphatic heterocycles. The Hall–Kier alpha value is -2.23. The first-order valence-corrected chi connectivity index (χ1v) is 8.54. The molecule has 0 heterocycles. The summed E-state index contributed by atoms with van der Waals surface area (Å²) in [5.74, 6) is -0.990. The van der Waals surface area contributed by atoms with E-state index in [1.54, 1.807) is 44.2 Å². The predicted molar refractivity (Wildman–Crippen MR) is 86.7 cm³/mol. The smallest absolute Gasteiger partial charge is 0.383 e. The summed E-state index contributed by atoms with van der Waals surface area (Å²) in [7, 11) is -4.77. The van der Waals surface area contributed by atoms with Crippen molar-refractivity contribution in [3.63, 3.8) is 0 Å². The van der Waals surface area contributed by atoms with Crippen LogP contribution in [0, 0.1) is 20.8 Å². The van der Waals surface area contributed by atoms with Crippen molar-refractivity contribution in [2.45, 2.75) is 20.8 Å². The number of aryl methyl sites for hydroxylation is 3. The van der Waals surface area contributed by atoms with Crippen LogP contribution in [0.5, 0.6) is 0 Å². The minimum Gasteiger partial charge on any atom is -0.383 e. The van der Waals surface area contributed by atoms with Crippen molar-refractivity contribution in [2.75, 3.05) is 0 Å². The van der Waals surface area contributed by atoms with Crippen LogP contribution in [-0.4, -0.2) is 16.4 Å². The summed E-state index contributed by atoms with van der Waals surface area (Å²) in [6, 6.07) is 11.3. The second kappa shape index (κ2) is 6.49. The Balaban J connectivity index is 2.27. The molecule has 2 aromatic rings. The van der Waals surface area contributed by atoms with E-state index in [0.717, 1.165) is 5.56 Å². The lowest BCUT2D eigenvalue weighted by Gasteiger charge is -2.13. The fraction of sp³-hybridized carbons (Fsp3) is 0.176. The van der Waals surface area contributed by atoms with Gasteiger partial charge in [0.25, 0.3) is 5.52 Å². The molecule has 120 valence electrons. The van der Waals surface area contributed by atoms with E-state index in [1.165, 1.54) is 12.1 Å². The average molecular weight is 332 g/mol. The normalized spacial score (nSPS) is 13.2. The van der Waals surface area contributed by atoms with Gasteiger partial charge in [0.15, 0.2) is 0 Å². The maximum absolute atomic E-state index is 12.2. The Morgan fingerprint density at radius 1 is 0.957 bits per heavy atom. The van der Waals surface area contributed by atoms with Crippen LogP contribution in [0.2, 0.25) is 0 Å². The molecule has 0 aromatic heterocycles. The van der Waals surface area contributed by atoms with Gasteiger partial charge in [-0.3, -0.25) is 4.79 Å². The first kappa shape index (κ1) is 17.1. The van der Waals surface area contributed by atoms with Crippen molar-refractivity contribution in [1.29, 1.82) is 0 Å². The van der Waals surface area contributed by atoms with Crippen molar-refractivity contribution in [3.05, 3.63) is 70.3 Å². The summed E-state index contributed by atoms with van der Waals surface area (Å²) in [6.45, 7) is 5.19. The van der Waals surface area contributed by atoms with Gasteiger partial charge in [0.1, 0.15) is 0 Å². The summed E-state index contributed by atoms with van der Waals surface area (Å²) in [6.07, 6.45) is 0. The zero-order valence-corrected chi connectivity index (χ0v) is 14.0. The van der Waals surface area contributed by atoms with E-state index in [4.69, 9.17) is 0 Å². The first-order chi connectivity index (χ1) is 10.7. The molecule has 0 spiro atoms. The standard InChI is InChI=1S/C17H17O5P/c1-11-8-9-14(13(3)10-11)16(18)22-23(20,21)17(19)15-7-5-4-6-12(15)2/h4-10H,1-3H3,(H,20,21). The van der Waals surface area contributed by atoms with Crippen molar-refractivity contribution in [3.8, 4) is 0 Å². The fourth-order valence-electron chi connectivity index (χ4n) is 2.21. The highest BCUT2D eigenvalue weighted by Gasteiger charge is 2.36. The van der Waals surface area contributed by atoms with Gasteiger partial charge in [-0.2, -0.15) is 0 Å². The molecule has 0 aliphatic carbocycles. The van der Waals surface area contributed by atoms with E-state index in [2.05, 4.69) is 4.52 Å². The van der Waals surface area contributed by atoms with E-state index < -0.39 is 19.1 Å². The van der Waals surface area contributed by atoms with Gasteiger partial charge in [-0.25, -0.2) is 9.36 Å². The third kappa shape index (κ3) is 3.76. The molecule has 5 nitrogen and oxygen atoms in total. The Kier molecular flexibility index (Phi) is 4.83. The number of carbonyl (C=O) groups excluding carboxylic acids is 2. The summed E-state index contributed by atoms with van der Waals surface area (Å²) < 4.78 is 16.8. The maximum Gasteiger partial charge on any atom is 0.451 e.